The summed E-state index contributed by atoms with van der Waals surface area (Å²) in [6, 6.07) is 3.91. The van der Waals surface area contributed by atoms with Crippen molar-refractivity contribution in [1.82, 2.24) is 20.0 Å². The van der Waals surface area contributed by atoms with Crippen molar-refractivity contribution in [3.8, 4) is 0 Å². The third kappa shape index (κ3) is 4.98. The fraction of sp³-hybridized carbons (Fsp3) is 0.667. The smallest absolute Gasteiger partial charge is 0.289 e. The number of carbonyl (C=O) groups is 1. The minimum Gasteiger partial charge on any atom is -0.459 e. The van der Waals surface area contributed by atoms with Crippen LogP contribution in [0.1, 0.15) is 31.3 Å². The molecule has 0 radical (unpaired) electrons. The van der Waals surface area contributed by atoms with E-state index in [4.69, 9.17) is 4.42 Å². The van der Waals surface area contributed by atoms with E-state index in [9.17, 15) is 4.79 Å². The molecule has 2 heterocycles. The standard InChI is InChI=1S/C18H31N5O2/c1-5-21(6-2)15(3)14-20-18(19-4)23-11-9-22(10-12-23)17(24)16-8-7-13-25-16/h7-8,13,15H,5-6,9-12,14H2,1-4H3,(H,19,20). The maximum absolute atomic E-state index is 12.3. The van der Waals surface area contributed by atoms with Crippen molar-refractivity contribution in [3.63, 3.8) is 0 Å². The second kappa shape index (κ2) is 9.46. The van der Waals surface area contributed by atoms with E-state index < -0.39 is 0 Å². The minimum atomic E-state index is -0.0391. The summed E-state index contributed by atoms with van der Waals surface area (Å²) in [4.78, 5) is 23.2. The molecule has 1 aliphatic heterocycles. The zero-order valence-corrected chi connectivity index (χ0v) is 15.9. The number of amides is 1. The van der Waals surface area contributed by atoms with E-state index in [2.05, 4.69) is 40.9 Å². The average Bonchev–Trinajstić information content (AvgIpc) is 3.18. The normalized spacial score (nSPS) is 17.1. The first-order valence-electron chi connectivity index (χ1n) is 9.13. The second-order valence-electron chi connectivity index (χ2n) is 6.25. The van der Waals surface area contributed by atoms with Gasteiger partial charge in [-0.2, -0.15) is 0 Å². The van der Waals surface area contributed by atoms with Crippen molar-refractivity contribution >= 4 is 11.9 Å². The monoisotopic (exact) mass is 349 g/mol. The highest BCUT2D eigenvalue weighted by Crippen LogP contribution is 2.09. The van der Waals surface area contributed by atoms with Gasteiger partial charge in [0.05, 0.1) is 6.26 Å². The van der Waals surface area contributed by atoms with Gasteiger partial charge in [-0.25, -0.2) is 0 Å². The Balaban J connectivity index is 1.82. The lowest BCUT2D eigenvalue weighted by atomic mass is 10.2. The fourth-order valence-electron chi connectivity index (χ4n) is 3.22. The molecular formula is C18H31N5O2. The van der Waals surface area contributed by atoms with Gasteiger partial charge in [-0.15, -0.1) is 0 Å². The molecule has 1 aromatic rings. The maximum atomic E-state index is 12.3. The minimum absolute atomic E-state index is 0.0391. The van der Waals surface area contributed by atoms with Crippen molar-refractivity contribution in [3.05, 3.63) is 24.2 Å². The first-order valence-corrected chi connectivity index (χ1v) is 9.13. The summed E-state index contributed by atoms with van der Waals surface area (Å²) in [5.41, 5.74) is 0. The molecule has 7 heteroatoms. The van der Waals surface area contributed by atoms with E-state index in [1.165, 1.54) is 6.26 Å². The molecule has 25 heavy (non-hydrogen) atoms. The molecule has 0 spiro atoms. The van der Waals surface area contributed by atoms with Crippen LogP contribution in [-0.4, -0.2) is 85.5 Å². The first-order chi connectivity index (χ1) is 12.1. The Kier molecular flexibility index (Phi) is 7.31. The van der Waals surface area contributed by atoms with Crippen molar-refractivity contribution in [1.29, 1.82) is 0 Å². The molecule has 1 amide bonds. The molecule has 7 nitrogen and oxygen atoms in total. The van der Waals surface area contributed by atoms with Crippen LogP contribution >= 0.6 is 0 Å². The number of carbonyl (C=O) groups excluding carboxylic acids is 1. The molecule has 1 aromatic heterocycles. The van der Waals surface area contributed by atoms with Crippen LogP contribution in [0.25, 0.3) is 0 Å². The highest BCUT2D eigenvalue weighted by Gasteiger charge is 2.25. The lowest BCUT2D eigenvalue weighted by Gasteiger charge is -2.37. The number of rotatable bonds is 6. The Morgan fingerprint density at radius 1 is 1.28 bits per heavy atom. The molecule has 1 N–H and O–H groups in total. The summed E-state index contributed by atoms with van der Waals surface area (Å²) in [6.07, 6.45) is 1.53. The average molecular weight is 349 g/mol. The topological polar surface area (TPSA) is 64.3 Å². The molecule has 0 saturated carbocycles. The summed E-state index contributed by atoms with van der Waals surface area (Å²) in [6.45, 7) is 12.4. The molecule has 1 saturated heterocycles. The van der Waals surface area contributed by atoms with Gasteiger partial charge in [-0.1, -0.05) is 13.8 Å². The molecule has 0 bridgehead atoms. The van der Waals surface area contributed by atoms with Crippen LogP contribution in [0.2, 0.25) is 0 Å². The van der Waals surface area contributed by atoms with E-state index in [0.717, 1.165) is 38.7 Å². The predicted molar refractivity (Wildman–Crippen MR) is 99.9 cm³/mol. The number of likely N-dealkylation sites (N-methyl/N-ethyl adjacent to an activating group) is 1. The summed E-state index contributed by atoms with van der Waals surface area (Å²) in [5.74, 6) is 1.27. The van der Waals surface area contributed by atoms with Gasteiger partial charge >= 0.3 is 0 Å². The molecule has 1 aliphatic rings. The fourth-order valence-corrected chi connectivity index (χ4v) is 3.22. The highest BCUT2D eigenvalue weighted by molar-refractivity contribution is 5.91. The van der Waals surface area contributed by atoms with Crippen LogP contribution in [0.15, 0.2) is 27.8 Å². The van der Waals surface area contributed by atoms with Gasteiger partial charge < -0.3 is 19.5 Å². The van der Waals surface area contributed by atoms with Crippen LogP contribution in [0.4, 0.5) is 0 Å². The maximum Gasteiger partial charge on any atom is 0.289 e. The van der Waals surface area contributed by atoms with Crippen LogP contribution in [0.5, 0.6) is 0 Å². The number of nitrogens with one attached hydrogen (secondary N) is 1. The number of guanidine groups is 1. The predicted octanol–water partition coefficient (Wildman–Crippen LogP) is 1.34. The number of nitrogens with zero attached hydrogens (tertiary/aromatic N) is 4. The Hall–Kier alpha value is -2.02. The number of hydrogen-bond acceptors (Lipinski definition) is 4. The van der Waals surface area contributed by atoms with Gasteiger partial charge in [0.2, 0.25) is 0 Å². The molecule has 0 aromatic carbocycles. The van der Waals surface area contributed by atoms with Crippen molar-refractivity contribution < 1.29 is 9.21 Å². The Morgan fingerprint density at radius 3 is 2.44 bits per heavy atom. The van der Waals surface area contributed by atoms with Crippen LogP contribution < -0.4 is 5.32 Å². The van der Waals surface area contributed by atoms with Crippen molar-refractivity contribution in [2.24, 2.45) is 4.99 Å². The van der Waals surface area contributed by atoms with Crippen LogP contribution in [0.3, 0.4) is 0 Å². The van der Waals surface area contributed by atoms with Gasteiger partial charge in [0.15, 0.2) is 11.7 Å². The van der Waals surface area contributed by atoms with Crippen molar-refractivity contribution in [2.45, 2.75) is 26.8 Å². The number of piperazine rings is 1. The van der Waals surface area contributed by atoms with Crippen molar-refractivity contribution in [2.75, 3.05) is 52.9 Å². The van der Waals surface area contributed by atoms with Gasteiger partial charge in [-0.3, -0.25) is 14.7 Å². The van der Waals surface area contributed by atoms with Gasteiger partial charge in [0.1, 0.15) is 0 Å². The molecule has 1 atom stereocenters. The highest BCUT2D eigenvalue weighted by atomic mass is 16.3. The summed E-state index contributed by atoms with van der Waals surface area (Å²) < 4.78 is 5.21. The van der Waals surface area contributed by atoms with Gasteiger partial charge in [0, 0.05) is 45.8 Å². The summed E-state index contributed by atoms with van der Waals surface area (Å²) >= 11 is 0. The first kappa shape index (κ1) is 19.3. The third-order valence-electron chi connectivity index (χ3n) is 4.80. The molecule has 2 rings (SSSR count). The van der Waals surface area contributed by atoms with Gasteiger partial charge in [0.25, 0.3) is 5.91 Å². The van der Waals surface area contributed by atoms with E-state index in [1.807, 2.05) is 11.9 Å². The summed E-state index contributed by atoms with van der Waals surface area (Å²) in [5, 5.41) is 3.47. The SMILES string of the molecule is CCN(CC)C(C)CNC(=NC)N1CCN(C(=O)c2ccco2)CC1. The van der Waals surface area contributed by atoms with Crippen LogP contribution in [0, 0.1) is 0 Å². The Morgan fingerprint density at radius 2 is 1.92 bits per heavy atom. The van der Waals surface area contributed by atoms with E-state index in [1.54, 1.807) is 12.1 Å². The molecule has 1 fully saturated rings. The lowest BCUT2D eigenvalue weighted by molar-refractivity contribution is 0.0657. The lowest BCUT2D eigenvalue weighted by Crippen LogP contribution is -2.55. The quantitative estimate of drug-likeness (QED) is 0.620. The zero-order valence-electron chi connectivity index (χ0n) is 15.9. The van der Waals surface area contributed by atoms with E-state index in [-0.39, 0.29) is 5.91 Å². The number of furan rings is 1. The third-order valence-corrected chi connectivity index (χ3v) is 4.80. The molecule has 1 unspecified atom stereocenters. The molecule has 140 valence electrons. The number of hydrogen-bond donors (Lipinski definition) is 1. The summed E-state index contributed by atoms with van der Waals surface area (Å²) in [7, 11) is 1.81. The largest absolute Gasteiger partial charge is 0.459 e. The molecule has 0 aliphatic carbocycles. The zero-order chi connectivity index (χ0) is 18.2. The number of aliphatic imine (C=N–C) groups is 1. The van der Waals surface area contributed by atoms with E-state index >= 15 is 0 Å². The van der Waals surface area contributed by atoms with E-state index in [0.29, 0.717) is 24.9 Å². The Labute approximate surface area is 150 Å². The molecular weight excluding hydrogens is 318 g/mol. The van der Waals surface area contributed by atoms with Gasteiger partial charge in [-0.05, 0) is 32.1 Å². The van der Waals surface area contributed by atoms with Crippen LogP contribution in [-0.2, 0) is 0 Å². The second-order valence-corrected chi connectivity index (χ2v) is 6.25. The Bertz CT molecular complexity index is 546.